The van der Waals surface area contributed by atoms with Crippen molar-refractivity contribution in [2.24, 2.45) is 5.16 Å². The molecule has 0 aliphatic heterocycles. The molecule has 1 rings (SSSR count). The van der Waals surface area contributed by atoms with Crippen LogP contribution in [-0.2, 0) is 0 Å². The highest BCUT2D eigenvalue weighted by Gasteiger charge is 2.02. The third kappa shape index (κ3) is 1.68. The van der Waals surface area contributed by atoms with Crippen molar-refractivity contribution in [1.82, 2.24) is 4.98 Å². The van der Waals surface area contributed by atoms with E-state index in [0.717, 1.165) is 5.56 Å². The highest BCUT2D eigenvalue weighted by atomic mass is 35.5. The van der Waals surface area contributed by atoms with Crippen LogP contribution >= 0.6 is 11.6 Å². The van der Waals surface area contributed by atoms with Crippen molar-refractivity contribution in [1.29, 1.82) is 0 Å². The molecule has 58 valence electrons. The molecule has 0 radical (unpaired) electrons. The predicted molar refractivity (Wildman–Crippen MR) is 43.2 cm³/mol. The van der Waals surface area contributed by atoms with Gasteiger partial charge >= 0.3 is 0 Å². The van der Waals surface area contributed by atoms with Crippen LogP contribution in [0.5, 0.6) is 0 Å². The van der Waals surface area contributed by atoms with E-state index in [2.05, 4.69) is 10.1 Å². The molecule has 0 amide bonds. The summed E-state index contributed by atoms with van der Waals surface area (Å²) in [5.74, 6) is 0. The van der Waals surface area contributed by atoms with Gasteiger partial charge in [-0.15, -0.1) is 0 Å². The van der Waals surface area contributed by atoms with Crippen LogP contribution in [0.4, 0.5) is 0 Å². The van der Waals surface area contributed by atoms with E-state index in [0.29, 0.717) is 5.56 Å². The van der Waals surface area contributed by atoms with E-state index in [4.69, 9.17) is 16.8 Å². The summed E-state index contributed by atoms with van der Waals surface area (Å²) >= 11 is 5.56. The maximum absolute atomic E-state index is 8.34. The number of hydrogen-bond acceptors (Lipinski definition) is 3. The van der Waals surface area contributed by atoms with Gasteiger partial charge in [0.15, 0.2) is 5.17 Å². The molecule has 0 aliphatic rings. The van der Waals surface area contributed by atoms with Gasteiger partial charge in [-0.1, -0.05) is 16.8 Å². The van der Waals surface area contributed by atoms with Crippen LogP contribution in [0, 0.1) is 6.92 Å². The quantitative estimate of drug-likeness (QED) is 0.397. The van der Waals surface area contributed by atoms with Gasteiger partial charge in [-0.2, -0.15) is 0 Å². The van der Waals surface area contributed by atoms with E-state index in [1.807, 2.05) is 6.92 Å². The zero-order valence-corrected chi connectivity index (χ0v) is 6.71. The summed E-state index contributed by atoms with van der Waals surface area (Å²) in [5.41, 5.74) is 1.58. The van der Waals surface area contributed by atoms with Crippen LogP contribution in [0.1, 0.15) is 11.1 Å². The van der Waals surface area contributed by atoms with Gasteiger partial charge in [0, 0.05) is 18.0 Å². The van der Waals surface area contributed by atoms with Crippen molar-refractivity contribution in [3.63, 3.8) is 0 Å². The number of aromatic nitrogens is 1. The Labute approximate surface area is 69.3 Å². The molecule has 0 atom stereocenters. The van der Waals surface area contributed by atoms with Crippen molar-refractivity contribution in [2.45, 2.75) is 6.92 Å². The minimum atomic E-state index is 0.0654. The minimum Gasteiger partial charge on any atom is -0.410 e. The van der Waals surface area contributed by atoms with Crippen LogP contribution in [0.2, 0.25) is 0 Å². The lowest BCUT2D eigenvalue weighted by atomic mass is 10.2. The Morgan fingerprint density at radius 3 is 3.00 bits per heavy atom. The molecule has 0 saturated carbocycles. The SMILES string of the molecule is Cc1ccncc1C(Cl)=NO. The number of halogens is 1. The molecule has 1 aromatic heterocycles. The second kappa shape index (κ2) is 3.34. The summed E-state index contributed by atoms with van der Waals surface area (Å²) in [4.78, 5) is 3.84. The second-order valence-electron chi connectivity index (χ2n) is 2.08. The first-order chi connectivity index (χ1) is 5.25. The largest absolute Gasteiger partial charge is 0.410 e. The lowest BCUT2D eigenvalue weighted by Gasteiger charge is -1.98. The molecule has 1 heterocycles. The zero-order valence-electron chi connectivity index (χ0n) is 5.95. The predicted octanol–water partition coefficient (Wildman–Crippen LogP) is 1.76. The topological polar surface area (TPSA) is 45.5 Å². The summed E-state index contributed by atoms with van der Waals surface area (Å²) in [6.45, 7) is 1.87. The van der Waals surface area contributed by atoms with Crippen molar-refractivity contribution in [3.05, 3.63) is 29.6 Å². The third-order valence-corrected chi connectivity index (χ3v) is 1.63. The molecule has 4 heteroatoms. The van der Waals surface area contributed by atoms with Gasteiger partial charge in [0.1, 0.15) is 0 Å². The first-order valence-electron chi connectivity index (χ1n) is 3.04. The fraction of sp³-hybridized carbons (Fsp3) is 0.143. The van der Waals surface area contributed by atoms with Gasteiger partial charge < -0.3 is 5.21 Å². The normalized spacial score (nSPS) is 11.6. The van der Waals surface area contributed by atoms with Crippen LogP contribution in [0.15, 0.2) is 23.6 Å². The lowest BCUT2D eigenvalue weighted by Crippen LogP contribution is -1.95. The van der Waals surface area contributed by atoms with Gasteiger partial charge in [-0.05, 0) is 18.6 Å². The number of pyridine rings is 1. The molecule has 0 aromatic carbocycles. The Hall–Kier alpha value is -1.09. The van der Waals surface area contributed by atoms with Crippen molar-refractivity contribution >= 4 is 16.8 Å². The molecule has 1 N–H and O–H groups in total. The summed E-state index contributed by atoms with van der Waals surface area (Å²) in [5, 5.41) is 11.3. The molecule has 0 unspecified atom stereocenters. The van der Waals surface area contributed by atoms with Crippen molar-refractivity contribution < 1.29 is 5.21 Å². The Morgan fingerprint density at radius 2 is 2.45 bits per heavy atom. The molecule has 11 heavy (non-hydrogen) atoms. The highest BCUT2D eigenvalue weighted by molar-refractivity contribution is 6.69. The summed E-state index contributed by atoms with van der Waals surface area (Å²) < 4.78 is 0. The van der Waals surface area contributed by atoms with Crippen molar-refractivity contribution in [3.8, 4) is 0 Å². The number of rotatable bonds is 1. The maximum atomic E-state index is 8.34. The van der Waals surface area contributed by atoms with E-state index < -0.39 is 0 Å². The lowest BCUT2D eigenvalue weighted by molar-refractivity contribution is 0.321. The standard InChI is InChI=1S/C7H7ClN2O/c1-5-2-3-9-4-6(5)7(8)10-11/h2-4,11H,1H3. The van der Waals surface area contributed by atoms with Crippen LogP contribution in [-0.4, -0.2) is 15.4 Å². The summed E-state index contributed by atoms with van der Waals surface area (Å²) in [6.07, 6.45) is 3.21. The summed E-state index contributed by atoms with van der Waals surface area (Å²) in [7, 11) is 0. The van der Waals surface area contributed by atoms with Crippen LogP contribution in [0.3, 0.4) is 0 Å². The smallest absolute Gasteiger partial charge is 0.177 e. The first-order valence-corrected chi connectivity index (χ1v) is 3.42. The van der Waals surface area contributed by atoms with Crippen LogP contribution < -0.4 is 0 Å². The van der Waals surface area contributed by atoms with Gasteiger partial charge in [0.2, 0.25) is 0 Å². The van der Waals surface area contributed by atoms with E-state index in [9.17, 15) is 0 Å². The first kappa shape index (κ1) is 8.01. The summed E-state index contributed by atoms with van der Waals surface area (Å²) in [6, 6.07) is 1.79. The molecular formula is C7H7ClN2O. The minimum absolute atomic E-state index is 0.0654. The average molecular weight is 171 g/mol. The van der Waals surface area contributed by atoms with E-state index >= 15 is 0 Å². The number of aryl methyl sites for hydroxylation is 1. The monoisotopic (exact) mass is 170 g/mol. The van der Waals surface area contributed by atoms with E-state index in [1.54, 1.807) is 18.5 Å². The van der Waals surface area contributed by atoms with Gasteiger partial charge in [-0.3, -0.25) is 4.98 Å². The maximum Gasteiger partial charge on any atom is 0.177 e. The molecule has 0 saturated heterocycles. The number of oxime groups is 1. The van der Waals surface area contributed by atoms with Gasteiger partial charge in [0.05, 0.1) is 0 Å². The van der Waals surface area contributed by atoms with Gasteiger partial charge in [0.25, 0.3) is 0 Å². The Bertz CT molecular complexity index is 286. The Balaban J connectivity index is 3.14. The fourth-order valence-electron chi connectivity index (χ4n) is 0.734. The Morgan fingerprint density at radius 1 is 1.73 bits per heavy atom. The zero-order chi connectivity index (χ0) is 8.27. The van der Waals surface area contributed by atoms with E-state index in [-0.39, 0.29) is 5.17 Å². The third-order valence-electron chi connectivity index (χ3n) is 1.35. The van der Waals surface area contributed by atoms with Crippen molar-refractivity contribution in [2.75, 3.05) is 0 Å². The van der Waals surface area contributed by atoms with E-state index in [1.165, 1.54) is 0 Å². The fourth-order valence-corrected chi connectivity index (χ4v) is 0.932. The molecule has 1 aromatic rings. The molecule has 0 spiro atoms. The molecule has 0 aliphatic carbocycles. The second-order valence-corrected chi connectivity index (χ2v) is 2.44. The number of hydrogen-bond donors (Lipinski definition) is 1. The van der Waals surface area contributed by atoms with Gasteiger partial charge in [-0.25, -0.2) is 0 Å². The average Bonchev–Trinajstić information content (AvgIpc) is 2.04. The molecule has 0 fully saturated rings. The molecular weight excluding hydrogens is 164 g/mol. The van der Waals surface area contributed by atoms with Crippen LogP contribution in [0.25, 0.3) is 0 Å². The molecule has 3 nitrogen and oxygen atoms in total. The molecule has 0 bridgehead atoms. The Kier molecular flexibility index (Phi) is 2.44. The highest BCUT2D eigenvalue weighted by Crippen LogP contribution is 2.08. The number of nitrogens with zero attached hydrogens (tertiary/aromatic N) is 2.